The molecule has 0 unspecified atom stereocenters. The number of nitrogens with zero attached hydrogens (tertiary/aromatic N) is 1. The van der Waals surface area contributed by atoms with E-state index in [-0.39, 0.29) is 25.6 Å². The molecule has 0 spiro atoms. The van der Waals surface area contributed by atoms with Gasteiger partial charge in [0, 0.05) is 13.7 Å². The van der Waals surface area contributed by atoms with Crippen molar-refractivity contribution >= 4 is 11.9 Å². The van der Waals surface area contributed by atoms with Gasteiger partial charge in [-0.25, -0.2) is 0 Å². The molecule has 0 heterocycles. The molecule has 0 aromatic heterocycles. The standard InChI is InChI=1S/C14H19NO5/c1-19-7-8-20-11-13(16)15(10-14(17)18)9-12-5-3-2-4-6-12/h2-6H,7-11H2,1H3,(H,17,18). The maximum atomic E-state index is 11.9. The molecule has 1 aromatic rings. The molecule has 1 aromatic carbocycles. The van der Waals surface area contributed by atoms with Crippen LogP contribution in [0.3, 0.4) is 0 Å². The summed E-state index contributed by atoms with van der Waals surface area (Å²) in [5, 5.41) is 8.87. The van der Waals surface area contributed by atoms with Gasteiger partial charge in [0.25, 0.3) is 0 Å². The Hall–Kier alpha value is -1.92. The second-order valence-corrected chi connectivity index (χ2v) is 4.17. The van der Waals surface area contributed by atoms with Crippen molar-refractivity contribution in [3.05, 3.63) is 35.9 Å². The Kier molecular flexibility index (Phi) is 7.31. The van der Waals surface area contributed by atoms with Crippen molar-refractivity contribution < 1.29 is 24.2 Å². The quantitative estimate of drug-likeness (QED) is 0.676. The second-order valence-electron chi connectivity index (χ2n) is 4.17. The van der Waals surface area contributed by atoms with Crippen LogP contribution >= 0.6 is 0 Å². The number of carbonyl (C=O) groups is 2. The monoisotopic (exact) mass is 281 g/mol. The van der Waals surface area contributed by atoms with E-state index in [1.54, 1.807) is 0 Å². The van der Waals surface area contributed by atoms with Gasteiger partial charge >= 0.3 is 5.97 Å². The third-order valence-corrected chi connectivity index (χ3v) is 2.55. The molecule has 0 fully saturated rings. The molecule has 6 nitrogen and oxygen atoms in total. The third-order valence-electron chi connectivity index (χ3n) is 2.55. The van der Waals surface area contributed by atoms with E-state index in [1.165, 1.54) is 12.0 Å². The highest BCUT2D eigenvalue weighted by atomic mass is 16.5. The summed E-state index contributed by atoms with van der Waals surface area (Å²) in [6.07, 6.45) is 0. The molecule has 0 aliphatic carbocycles. The predicted molar refractivity (Wildman–Crippen MR) is 72.2 cm³/mol. The molecular weight excluding hydrogens is 262 g/mol. The SMILES string of the molecule is COCCOCC(=O)N(CC(=O)O)Cc1ccccc1. The van der Waals surface area contributed by atoms with Crippen molar-refractivity contribution in [2.24, 2.45) is 0 Å². The largest absolute Gasteiger partial charge is 0.480 e. The van der Waals surface area contributed by atoms with Crippen molar-refractivity contribution in [1.82, 2.24) is 4.90 Å². The molecule has 1 amide bonds. The van der Waals surface area contributed by atoms with E-state index in [2.05, 4.69) is 0 Å². The van der Waals surface area contributed by atoms with Crippen LogP contribution < -0.4 is 0 Å². The van der Waals surface area contributed by atoms with Gasteiger partial charge in [0.2, 0.25) is 5.91 Å². The van der Waals surface area contributed by atoms with Crippen molar-refractivity contribution in [2.45, 2.75) is 6.54 Å². The first-order chi connectivity index (χ1) is 9.63. The minimum atomic E-state index is -1.05. The Labute approximate surface area is 117 Å². The first-order valence-corrected chi connectivity index (χ1v) is 6.23. The van der Waals surface area contributed by atoms with Crippen LogP contribution in [0, 0.1) is 0 Å². The van der Waals surface area contributed by atoms with E-state index >= 15 is 0 Å². The fourth-order valence-electron chi connectivity index (χ4n) is 1.59. The Bertz CT molecular complexity index is 421. The van der Waals surface area contributed by atoms with Crippen LogP contribution in [0.1, 0.15) is 5.56 Å². The number of benzene rings is 1. The zero-order valence-corrected chi connectivity index (χ0v) is 11.4. The number of methoxy groups -OCH3 is 1. The zero-order valence-electron chi connectivity index (χ0n) is 11.4. The van der Waals surface area contributed by atoms with Gasteiger partial charge in [0.05, 0.1) is 13.2 Å². The van der Waals surface area contributed by atoms with Gasteiger partial charge in [-0.2, -0.15) is 0 Å². The maximum Gasteiger partial charge on any atom is 0.323 e. The minimum absolute atomic E-state index is 0.149. The van der Waals surface area contributed by atoms with Gasteiger partial charge in [0.1, 0.15) is 13.2 Å². The van der Waals surface area contributed by atoms with Crippen LogP contribution in [-0.2, 0) is 25.6 Å². The molecule has 0 aliphatic rings. The van der Waals surface area contributed by atoms with E-state index in [0.717, 1.165) is 5.56 Å². The molecule has 1 rings (SSSR count). The number of hydrogen-bond acceptors (Lipinski definition) is 4. The van der Waals surface area contributed by atoms with E-state index in [4.69, 9.17) is 14.6 Å². The lowest BCUT2D eigenvalue weighted by atomic mass is 10.2. The summed E-state index contributed by atoms with van der Waals surface area (Å²) < 4.78 is 9.93. The summed E-state index contributed by atoms with van der Waals surface area (Å²) in [5.74, 6) is -1.40. The molecule has 0 saturated carbocycles. The van der Waals surface area contributed by atoms with Crippen LogP contribution in [-0.4, -0.2) is 55.4 Å². The average Bonchev–Trinajstić information content (AvgIpc) is 2.43. The second kappa shape index (κ2) is 9.06. The topological polar surface area (TPSA) is 76.1 Å². The molecular formula is C14H19NO5. The molecule has 0 atom stereocenters. The van der Waals surface area contributed by atoms with Crippen LogP contribution in [0.25, 0.3) is 0 Å². The van der Waals surface area contributed by atoms with Crippen molar-refractivity contribution in [1.29, 1.82) is 0 Å². The Morgan fingerprint density at radius 3 is 2.50 bits per heavy atom. The molecule has 0 saturated heterocycles. The molecule has 110 valence electrons. The predicted octanol–water partition coefficient (Wildman–Crippen LogP) is 0.763. The Balaban J connectivity index is 2.54. The summed E-state index contributed by atoms with van der Waals surface area (Å²) in [6, 6.07) is 9.23. The summed E-state index contributed by atoms with van der Waals surface area (Å²) >= 11 is 0. The fourth-order valence-corrected chi connectivity index (χ4v) is 1.59. The molecule has 20 heavy (non-hydrogen) atoms. The normalized spacial score (nSPS) is 10.2. The molecule has 0 bridgehead atoms. The molecule has 0 aliphatic heterocycles. The fraction of sp³-hybridized carbons (Fsp3) is 0.429. The summed E-state index contributed by atoms with van der Waals surface area (Å²) in [6.45, 7) is 0.448. The van der Waals surface area contributed by atoms with Crippen molar-refractivity contribution in [3.8, 4) is 0 Å². The zero-order chi connectivity index (χ0) is 14.8. The van der Waals surface area contributed by atoms with Gasteiger partial charge < -0.3 is 19.5 Å². The number of ether oxygens (including phenoxy) is 2. The number of carbonyl (C=O) groups excluding carboxylic acids is 1. The summed E-state index contributed by atoms with van der Waals surface area (Å²) in [5.41, 5.74) is 0.874. The van der Waals surface area contributed by atoms with Crippen LogP contribution in [0.2, 0.25) is 0 Å². The highest BCUT2D eigenvalue weighted by molar-refractivity contribution is 5.82. The van der Waals surface area contributed by atoms with E-state index in [9.17, 15) is 9.59 Å². The van der Waals surface area contributed by atoms with Crippen molar-refractivity contribution in [3.63, 3.8) is 0 Å². The van der Waals surface area contributed by atoms with Crippen LogP contribution in [0.15, 0.2) is 30.3 Å². The van der Waals surface area contributed by atoms with Gasteiger partial charge in [-0.15, -0.1) is 0 Å². The van der Waals surface area contributed by atoms with Gasteiger partial charge in [-0.3, -0.25) is 9.59 Å². The summed E-state index contributed by atoms with van der Waals surface area (Å²) in [4.78, 5) is 24.0. The average molecular weight is 281 g/mol. The molecule has 6 heteroatoms. The number of carboxylic acid groups (broad SMARTS) is 1. The maximum absolute atomic E-state index is 11.9. The van der Waals surface area contributed by atoms with Crippen LogP contribution in [0.5, 0.6) is 0 Å². The summed E-state index contributed by atoms with van der Waals surface area (Å²) in [7, 11) is 1.54. The Morgan fingerprint density at radius 1 is 1.20 bits per heavy atom. The first-order valence-electron chi connectivity index (χ1n) is 6.23. The van der Waals surface area contributed by atoms with Gasteiger partial charge in [0.15, 0.2) is 0 Å². The number of amides is 1. The highest BCUT2D eigenvalue weighted by Crippen LogP contribution is 2.05. The molecule has 0 radical (unpaired) electrons. The highest BCUT2D eigenvalue weighted by Gasteiger charge is 2.17. The number of rotatable bonds is 9. The lowest BCUT2D eigenvalue weighted by molar-refractivity contribution is -0.147. The lowest BCUT2D eigenvalue weighted by Gasteiger charge is -2.20. The minimum Gasteiger partial charge on any atom is -0.480 e. The Morgan fingerprint density at radius 2 is 1.90 bits per heavy atom. The van der Waals surface area contributed by atoms with E-state index in [0.29, 0.717) is 13.2 Å². The first kappa shape index (κ1) is 16.1. The van der Waals surface area contributed by atoms with E-state index < -0.39 is 5.97 Å². The number of hydrogen-bond donors (Lipinski definition) is 1. The van der Waals surface area contributed by atoms with Crippen molar-refractivity contribution in [2.75, 3.05) is 33.5 Å². The van der Waals surface area contributed by atoms with Gasteiger partial charge in [-0.1, -0.05) is 30.3 Å². The van der Waals surface area contributed by atoms with Crippen LogP contribution in [0.4, 0.5) is 0 Å². The lowest BCUT2D eigenvalue weighted by Crippen LogP contribution is -2.37. The van der Waals surface area contributed by atoms with E-state index in [1.807, 2.05) is 30.3 Å². The third kappa shape index (κ3) is 6.31. The van der Waals surface area contributed by atoms with Gasteiger partial charge in [-0.05, 0) is 5.56 Å². The number of aliphatic carboxylic acids is 1. The smallest absolute Gasteiger partial charge is 0.323 e. The number of carboxylic acids is 1. The molecule has 1 N–H and O–H groups in total.